The van der Waals surface area contributed by atoms with Gasteiger partial charge in [-0.3, -0.25) is 0 Å². The summed E-state index contributed by atoms with van der Waals surface area (Å²) in [7, 11) is 0. The molecule has 0 saturated heterocycles. The van der Waals surface area contributed by atoms with Gasteiger partial charge in [-0.25, -0.2) is 0 Å². The molecule has 1 aromatic rings. The average molecular weight is 208 g/mol. The quantitative estimate of drug-likeness (QED) is 0.790. The molecule has 0 unspecified atom stereocenters. The van der Waals surface area contributed by atoms with Crippen LogP contribution in [0.1, 0.15) is 30.6 Å². The first-order valence-electron chi connectivity index (χ1n) is 5.26. The number of thiophene rings is 1. The molecule has 2 rings (SSSR count). The summed E-state index contributed by atoms with van der Waals surface area (Å²) in [6.07, 6.45) is 8.77. The van der Waals surface area contributed by atoms with Crippen LogP contribution in [0.5, 0.6) is 0 Å². The Morgan fingerprint density at radius 2 is 2.21 bits per heavy atom. The van der Waals surface area contributed by atoms with E-state index in [1.54, 1.807) is 11.3 Å². The van der Waals surface area contributed by atoms with Crippen molar-refractivity contribution in [2.45, 2.75) is 31.8 Å². The van der Waals surface area contributed by atoms with Crippen molar-refractivity contribution in [1.82, 2.24) is 0 Å². The molecule has 1 heterocycles. The molecule has 0 radical (unpaired) electrons. The van der Waals surface area contributed by atoms with Gasteiger partial charge in [-0.1, -0.05) is 25.0 Å². The summed E-state index contributed by atoms with van der Waals surface area (Å²) in [5.41, 5.74) is 0. The molecule has 0 bridgehead atoms. The molecule has 0 spiro atoms. The van der Waals surface area contributed by atoms with Crippen LogP contribution < -0.4 is 0 Å². The molecular weight excluding hydrogens is 192 g/mol. The molecule has 76 valence electrons. The highest BCUT2D eigenvalue weighted by molar-refractivity contribution is 7.10. The molecular formula is C12H16OS. The van der Waals surface area contributed by atoms with Crippen LogP contribution in [0.3, 0.4) is 0 Å². The molecule has 1 N–H and O–H groups in total. The van der Waals surface area contributed by atoms with Crippen LogP contribution in [-0.4, -0.2) is 11.2 Å². The van der Waals surface area contributed by atoms with Crippen molar-refractivity contribution in [1.29, 1.82) is 0 Å². The molecule has 1 aromatic heterocycles. The number of rotatable bonds is 2. The molecule has 0 aromatic carbocycles. The fourth-order valence-corrected chi connectivity index (χ4v) is 2.60. The minimum absolute atomic E-state index is 0.111. The summed E-state index contributed by atoms with van der Waals surface area (Å²) in [5, 5.41) is 11.8. The van der Waals surface area contributed by atoms with E-state index in [0.29, 0.717) is 5.92 Å². The van der Waals surface area contributed by atoms with E-state index in [9.17, 15) is 5.11 Å². The van der Waals surface area contributed by atoms with E-state index < -0.39 is 0 Å². The van der Waals surface area contributed by atoms with Crippen LogP contribution in [0, 0.1) is 5.92 Å². The molecule has 2 atom stereocenters. The summed E-state index contributed by atoms with van der Waals surface area (Å²) in [6.45, 7) is 0. The monoisotopic (exact) mass is 208 g/mol. The summed E-state index contributed by atoms with van der Waals surface area (Å²) in [6, 6.07) is 4.16. The van der Waals surface area contributed by atoms with E-state index >= 15 is 0 Å². The number of aliphatic hydroxyl groups excluding tert-OH is 1. The maximum atomic E-state index is 9.75. The van der Waals surface area contributed by atoms with Crippen LogP contribution >= 0.6 is 11.3 Å². The number of aliphatic hydroxyl groups is 1. The third-order valence-corrected chi connectivity index (χ3v) is 3.67. The number of hydrogen-bond acceptors (Lipinski definition) is 2. The fraction of sp³-hybridized carbons (Fsp3) is 0.500. The Morgan fingerprint density at radius 3 is 2.93 bits per heavy atom. The van der Waals surface area contributed by atoms with Crippen molar-refractivity contribution in [3.63, 3.8) is 0 Å². The number of hydrogen-bond donors (Lipinski definition) is 1. The first-order chi connectivity index (χ1) is 6.86. The lowest BCUT2D eigenvalue weighted by Gasteiger charge is -2.24. The second-order valence-corrected chi connectivity index (χ2v) is 4.87. The van der Waals surface area contributed by atoms with Crippen molar-refractivity contribution in [3.8, 4) is 0 Å². The van der Waals surface area contributed by atoms with E-state index in [1.165, 1.54) is 17.7 Å². The van der Waals surface area contributed by atoms with Crippen LogP contribution in [0.4, 0.5) is 0 Å². The van der Waals surface area contributed by atoms with Gasteiger partial charge in [0.1, 0.15) is 0 Å². The van der Waals surface area contributed by atoms with Gasteiger partial charge in [0.15, 0.2) is 0 Å². The van der Waals surface area contributed by atoms with Gasteiger partial charge < -0.3 is 5.11 Å². The summed E-state index contributed by atoms with van der Waals surface area (Å²) in [4.78, 5) is 1.28. The zero-order valence-corrected chi connectivity index (χ0v) is 9.04. The van der Waals surface area contributed by atoms with E-state index in [0.717, 1.165) is 12.8 Å². The molecule has 2 heteroatoms. The van der Waals surface area contributed by atoms with Gasteiger partial charge in [-0.05, 0) is 30.4 Å². The van der Waals surface area contributed by atoms with Gasteiger partial charge in [0.25, 0.3) is 0 Å². The third kappa shape index (κ3) is 2.46. The lowest BCUT2D eigenvalue weighted by molar-refractivity contribution is 0.0931. The van der Waals surface area contributed by atoms with Crippen LogP contribution in [0.25, 0.3) is 6.08 Å². The molecule has 0 aliphatic heterocycles. The maximum Gasteiger partial charge on any atom is 0.0602 e. The Labute approximate surface area is 89.1 Å². The minimum Gasteiger partial charge on any atom is -0.393 e. The second-order valence-electron chi connectivity index (χ2n) is 3.89. The maximum absolute atomic E-state index is 9.75. The van der Waals surface area contributed by atoms with Gasteiger partial charge in [0.2, 0.25) is 0 Å². The van der Waals surface area contributed by atoms with Gasteiger partial charge in [-0.15, -0.1) is 11.3 Å². The molecule has 1 fully saturated rings. The van der Waals surface area contributed by atoms with Crippen LogP contribution in [0.2, 0.25) is 0 Å². The highest BCUT2D eigenvalue weighted by atomic mass is 32.1. The summed E-state index contributed by atoms with van der Waals surface area (Å²) >= 11 is 1.74. The predicted molar refractivity (Wildman–Crippen MR) is 61.3 cm³/mol. The van der Waals surface area contributed by atoms with E-state index in [4.69, 9.17) is 0 Å². The summed E-state index contributed by atoms with van der Waals surface area (Å²) < 4.78 is 0. The van der Waals surface area contributed by atoms with E-state index in [2.05, 4.69) is 29.7 Å². The van der Waals surface area contributed by atoms with E-state index in [1.807, 2.05) is 0 Å². The van der Waals surface area contributed by atoms with Crippen molar-refractivity contribution >= 4 is 17.4 Å². The van der Waals surface area contributed by atoms with Gasteiger partial charge in [0.05, 0.1) is 6.10 Å². The first kappa shape index (κ1) is 9.94. The smallest absolute Gasteiger partial charge is 0.0602 e. The van der Waals surface area contributed by atoms with Crippen LogP contribution in [0.15, 0.2) is 23.6 Å². The largest absolute Gasteiger partial charge is 0.393 e. The van der Waals surface area contributed by atoms with Gasteiger partial charge in [0, 0.05) is 10.8 Å². The SMILES string of the molecule is O[C@H]1CCCC[C@@H]1/C=C/c1cccs1. The Morgan fingerprint density at radius 1 is 1.36 bits per heavy atom. The molecule has 1 saturated carbocycles. The normalized spacial score (nSPS) is 28.4. The zero-order chi connectivity index (χ0) is 9.80. The third-order valence-electron chi connectivity index (χ3n) is 2.83. The minimum atomic E-state index is -0.111. The molecule has 14 heavy (non-hydrogen) atoms. The van der Waals surface area contributed by atoms with Crippen LogP contribution in [-0.2, 0) is 0 Å². The Kier molecular flexibility index (Phi) is 3.38. The van der Waals surface area contributed by atoms with Crippen molar-refractivity contribution in [2.24, 2.45) is 5.92 Å². The Hall–Kier alpha value is -0.600. The van der Waals surface area contributed by atoms with Gasteiger partial charge >= 0.3 is 0 Å². The summed E-state index contributed by atoms with van der Waals surface area (Å²) in [5.74, 6) is 0.380. The highest BCUT2D eigenvalue weighted by Crippen LogP contribution is 2.26. The Bertz CT molecular complexity index is 289. The van der Waals surface area contributed by atoms with Crippen molar-refractivity contribution in [2.75, 3.05) is 0 Å². The fourth-order valence-electron chi connectivity index (χ4n) is 1.97. The highest BCUT2D eigenvalue weighted by Gasteiger charge is 2.19. The topological polar surface area (TPSA) is 20.2 Å². The Balaban J connectivity index is 1.95. The molecule has 1 aliphatic carbocycles. The predicted octanol–water partition coefficient (Wildman–Crippen LogP) is 3.31. The average Bonchev–Trinajstić information content (AvgIpc) is 2.69. The lowest BCUT2D eigenvalue weighted by atomic mass is 9.86. The van der Waals surface area contributed by atoms with Crippen molar-refractivity contribution in [3.05, 3.63) is 28.5 Å². The molecule has 1 aliphatic rings. The zero-order valence-electron chi connectivity index (χ0n) is 8.23. The first-order valence-corrected chi connectivity index (χ1v) is 6.14. The molecule has 0 amide bonds. The molecule has 1 nitrogen and oxygen atoms in total. The van der Waals surface area contributed by atoms with Gasteiger partial charge in [-0.2, -0.15) is 0 Å². The second kappa shape index (κ2) is 4.76. The standard InChI is InChI=1S/C12H16OS/c13-12-6-2-1-4-10(12)7-8-11-5-3-9-14-11/h3,5,7-10,12-13H,1-2,4,6H2/b8-7+/t10-,12+/m1/s1. The van der Waals surface area contributed by atoms with Crippen molar-refractivity contribution < 1.29 is 5.11 Å². The van der Waals surface area contributed by atoms with E-state index in [-0.39, 0.29) is 6.10 Å². The lowest BCUT2D eigenvalue weighted by Crippen LogP contribution is -2.22.